The average molecular weight is 232 g/mol. The molecular formula is C10H8N4OS. The van der Waals surface area contributed by atoms with Crippen LogP contribution in [0.2, 0.25) is 0 Å². The van der Waals surface area contributed by atoms with Gasteiger partial charge in [-0.15, -0.1) is 10.2 Å². The number of anilines is 1. The van der Waals surface area contributed by atoms with Gasteiger partial charge in [-0.25, -0.2) is 0 Å². The quantitative estimate of drug-likeness (QED) is 0.868. The molecule has 0 amide bonds. The summed E-state index contributed by atoms with van der Waals surface area (Å²) in [6.45, 7) is 0.334. The molecule has 1 aromatic heterocycles. The van der Waals surface area contributed by atoms with E-state index in [1.165, 1.54) is 11.3 Å². The molecule has 0 saturated carbocycles. The molecule has 0 radical (unpaired) electrons. The molecule has 2 aromatic rings. The second kappa shape index (κ2) is 4.59. The van der Waals surface area contributed by atoms with Crippen LogP contribution in [0.25, 0.3) is 0 Å². The lowest BCUT2D eigenvalue weighted by Gasteiger charge is -2.02. The molecule has 0 aliphatic heterocycles. The molecule has 2 N–H and O–H groups in total. The van der Waals surface area contributed by atoms with E-state index in [0.29, 0.717) is 23.1 Å². The minimum absolute atomic E-state index is 0.334. The molecule has 0 spiro atoms. The zero-order valence-electron chi connectivity index (χ0n) is 8.25. The van der Waals surface area contributed by atoms with Crippen molar-refractivity contribution in [2.75, 3.05) is 5.73 Å². The molecule has 2 rings (SSSR count). The largest absolute Gasteiger partial charge is 0.486 e. The van der Waals surface area contributed by atoms with Gasteiger partial charge >= 0.3 is 0 Å². The van der Waals surface area contributed by atoms with Crippen molar-refractivity contribution in [3.05, 3.63) is 34.8 Å². The number of benzene rings is 1. The zero-order chi connectivity index (χ0) is 11.4. The van der Waals surface area contributed by atoms with Crippen LogP contribution in [0.4, 0.5) is 5.13 Å². The summed E-state index contributed by atoms with van der Waals surface area (Å²) in [6, 6.07) is 8.91. The standard InChI is InChI=1S/C10H8N4OS/c11-5-7-1-3-8(4-2-7)15-6-9-13-14-10(12)16-9/h1-4H,6H2,(H2,12,14). The summed E-state index contributed by atoms with van der Waals surface area (Å²) in [4.78, 5) is 0. The second-order valence-electron chi connectivity index (χ2n) is 2.96. The molecule has 1 aromatic carbocycles. The monoisotopic (exact) mass is 232 g/mol. The highest BCUT2D eigenvalue weighted by atomic mass is 32.1. The first-order valence-corrected chi connectivity index (χ1v) is 5.30. The molecule has 5 nitrogen and oxygen atoms in total. The van der Waals surface area contributed by atoms with Gasteiger partial charge in [0.2, 0.25) is 5.13 Å². The highest BCUT2D eigenvalue weighted by molar-refractivity contribution is 7.15. The van der Waals surface area contributed by atoms with Gasteiger partial charge in [-0.3, -0.25) is 0 Å². The van der Waals surface area contributed by atoms with Crippen LogP contribution in [-0.2, 0) is 6.61 Å². The van der Waals surface area contributed by atoms with Gasteiger partial charge < -0.3 is 10.5 Å². The van der Waals surface area contributed by atoms with Crippen LogP contribution >= 0.6 is 11.3 Å². The van der Waals surface area contributed by atoms with Crippen molar-refractivity contribution >= 4 is 16.5 Å². The Labute approximate surface area is 96.1 Å². The number of nitriles is 1. The second-order valence-corrected chi connectivity index (χ2v) is 4.05. The van der Waals surface area contributed by atoms with E-state index >= 15 is 0 Å². The molecule has 0 aliphatic rings. The molecule has 6 heteroatoms. The van der Waals surface area contributed by atoms with Crippen molar-refractivity contribution in [3.8, 4) is 11.8 Å². The Morgan fingerprint density at radius 1 is 1.31 bits per heavy atom. The summed E-state index contributed by atoms with van der Waals surface area (Å²) in [6.07, 6.45) is 0. The summed E-state index contributed by atoms with van der Waals surface area (Å²) in [5.74, 6) is 0.688. The van der Waals surface area contributed by atoms with Crippen molar-refractivity contribution in [1.29, 1.82) is 5.26 Å². The van der Waals surface area contributed by atoms with E-state index in [1.807, 2.05) is 6.07 Å². The van der Waals surface area contributed by atoms with E-state index in [-0.39, 0.29) is 0 Å². The Balaban J connectivity index is 1.97. The molecule has 0 unspecified atom stereocenters. The molecule has 0 aliphatic carbocycles. The number of hydrogen-bond donors (Lipinski definition) is 1. The van der Waals surface area contributed by atoms with Crippen LogP contribution in [0.3, 0.4) is 0 Å². The normalized spacial score (nSPS) is 9.69. The topological polar surface area (TPSA) is 84.8 Å². The first-order valence-electron chi connectivity index (χ1n) is 4.49. The molecule has 0 saturated heterocycles. The van der Waals surface area contributed by atoms with E-state index in [9.17, 15) is 0 Å². The molecule has 1 heterocycles. The van der Waals surface area contributed by atoms with Gasteiger partial charge in [0.05, 0.1) is 11.6 Å². The highest BCUT2D eigenvalue weighted by Gasteiger charge is 2.01. The average Bonchev–Trinajstić information content (AvgIpc) is 2.73. The van der Waals surface area contributed by atoms with Crippen molar-refractivity contribution in [2.24, 2.45) is 0 Å². The van der Waals surface area contributed by atoms with Gasteiger partial charge in [0.25, 0.3) is 0 Å². The highest BCUT2D eigenvalue weighted by Crippen LogP contribution is 2.16. The van der Waals surface area contributed by atoms with Crippen LogP contribution in [0.5, 0.6) is 5.75 Å². The summed E-state index contributed by atoms with van der Waals surface area (Å²) in [5, 5.41) is 17.3. The minimum Gasteiger partial charge on any atom is -0.486 e. The lowest BCUT2D eigenvalue weighted by Crippen LogP contribution is -1.94. The maximum absolute atomic E-state index is 8.62. The summed E-state index contributed by atoms with van der Waals surface area (Å²) in [7, 11) is 0. The van der Waals surface area contributed by atoms with E-state index < -0.39 is 0 Å². The first kappa shape index (κ1) is 10.4. The molecule has 0 atom stereocenters. The van der Waals surface area contributed by atoms with Gasteiger partial charge in [-0.05, 0) is 24.3 Å². The maximum atomic E-state index is 8.62. The summed E-state index contributed by atoms with van der Waals surface area (Å²) >= 11 is 1.29. The lowest BCUT2D eigenvalue weighted by atomic mass is 10.2. The van der Waals surface area contributed by atoms with Crippen molar-refractivity contribution < 1.29 is 4.74 Å². The Kier molecular flexibility index (Phi) is 2.98. The van der Waals surface area contributed by atoms with Gasteiger partial charge in [0.1, 0.15) is 12.4 Å². The van der Waals surface area contributed by atoms with E-state index in [4.69, 9.17) is 15.7 Å². The third-order valence-corrected chi connectivity index (χ3v) is 2.55. The third-order valence-electron chi connectivity index (χ3n) is 1.83. The predicted octanol–water partition coefficient (Wildman–Crippen LogP) is 1.57. The van der Waals surface area contributed by atoms with Crippen LogP contribution < -0.4 is 10.5 Å². The number of rotatable bonds is 3. The molecule has 0 fully saturated rings. The fraction of sp³-hybridized carbons (Fsp3) is 0.100. The Morgan fingerprint density at radius 2 is 2.06 bits per heavy atom. The van der Waals surface area contributed by atoms with Crippen LogP contribution in [0.15, 0.2) is 24.3 Å². The fourth-order valence-electron chi connectivity index (χ4n) is 1.10. The molecule has 80 valence electrons. The maximum Gasteiger partial charge on any atom is 0.203 e. The van der Waals surface area contributed by atoms with Crippen LogP contribution in [0, 0.1) is 11.3 Å². The fourth-order valence-corrected chi connectivity index (χ4v) is 1.62. The third kappa shape index (κ3) is 2.46. The first-order chi connectivity index (χ1) is 7.78. The number of aromatic nitrogens is 2. The predicted molar refractivity (Wildman–Crippen MR) is 59.8 cm³/mol. The SMILES string of the molecule is N#Cc1ccc(OCc2nnc(N)s2)cc1. The number of nitrogens with zero attached hydrogens (tertiary/aromatic N) is 3. The Bertz CT molecular complexity index is 514. The van der Waals surface area contributed by atoms with Gasteiger partial charge in [-0.1, -0.05) is 11.3 Å². The number of nitrogen functional groups attached to an aromatic ring is 1. The van der Waals surface area contributed by atoms with Crippen LogP contribution in [0.1, 0.15) is 10.6 Å². The number of nitrogens with two attached hydrogens (primary N) is 1. The molecule has 16 heavy (non-hydrogen) atoms. The van der Waals surface area contributed by atoms with Crippen molar-refractivity contribution in [1.82, 2.24) is 10.2 Å². The minimum atomic E-state index is 0.334. The van der Waals surface area contributed by atoms with Crippen LogP contribution in [-0.4, -0.2) is 10.2 Å². The summed E-state index contributed by atoms with van der Waals surface area (Å²) < 4.78 is 5.45. The smallest absolute Gasteiger partial charge is 0.203 e. The number of ether oxygens (including phenoxy) is 1. The molecule has 0 bridgehead atoms. The molecular weight excluding hydrogens is 224 g/mol. The lowest BCUT2D eigenvalue weighted by molar-refractivity contribution is 0.304. The number of hydrogen-bond acceptors (Lipinski definition) is 6. The Hall–Kier alpha value is -2.13. The van der Waals surface area contributed by atoms with Crippen molar-refractivity contribution in [2.45, 2.75) is 6.61 Å². The van der Waals surface area contributed by atoms with E-state index in [2.05, 4.69) is 10.2 Å². The Morgan fingerprint density at radius 3 is 2.62 bits per heavy atom. The van der Waals surface area contributed by atoms with E-state index in [0.717, 1.165) is 5.01 Å². The van der Waals surface area contributed by atoms with Gasteiger partial charge in [0.15, 0.2) is 5.01 Å². The van der Waals surface area contributed by atoms with Crippen molar-refractivity contribution in [3.63, 3.8) is 0 Å². The summed E-state index contributed by atoms with van der Waals surface area (Å²) in [5.41, 5.74) is 6.04. The van der Waals surface area contributed by atoms with Gasteiger partial charge in [-0.2, -0.15) is 5.26 Å². The van der Waals surface area contributed by atoms with Gasteiger partial charge in [0, 0.05) is 0 Å². The van der Waals surface area contributed by atoms with E-state index in [1.54, 1.807) is 24.3 Å². The zero-order valence-corrected chi connectivity index (χ0v) is 9.07.